The Bertz CT molecular complexity index is 734. The number of hydrogen-bond acceptors (Lipinski definition) is 5. The molecule has 27 heavy (non-hydrogen) atoms. The maximum absolute atomic E-state index is 12.1. The summed E-state index contributed by atoms with van der Waals surface area (Å²) in [5.74, 6) is 0.859. The van der Waals surface area contributed by atoms with E-state index in [1.54, 1.807) is 50.2 Å². The van der Waals surface area contributed by atoms with E-state index in [1.807, 2.05) is 25.1 Å². The molecule has 2 N–H and O–H groups in total. The first-order valence-corrected chi connectivity index (χ1v) is 8.70. The molecule has 2 atom stereocenters. The van der Waals surface area contributed by atoms with Crippen LogP contribution in [-0.4, -0.2) is 30.6 Å². The summed E-state index contributed by atoms with van der Waals surface area (Å²) in [5.41, 5.74) is 4.66. The van der Waals surface area contributed by atoms with Crippen molar-refractivity contribution in [1.82, 2.24) is 10.9 Å². The van der Waals surface area contributed by atoms with Gasteiger partial charge in [0.05, 0.1) is 6.61 Å². The van der Waals surface area contributed by atoms with E-state index in [0.717, 1.165) is 5.75 Å². The molecule has 0 bridgehead atoms. The molecule has 0 unspecified atom stereocenters. The van der Waals surface area contributed by atoms with Crippen molar-refractivity contribution in [3.8, 4) is 17.2 Å². The zero-order chi connectivity index (χ0) is 19.6. The summed E-state index contributed by atoms with van der Waals surface area (Å²) in [5, 5.41) is 0. The van der Waals surface area contributed by atoms with Crippen LogP contribution in [-0.2, 0) is 9.59 Å². The predicted octanol–water partition coefficient (Wildman–Crippen LogP) is 2.47. The topological polar surface area (TPSA) is 85.9 Å². The average molecular weight is 372 g/mol. The predicted molar refractivity (Wildman–Crippen MR) is 101 cm³/mol. The number of hydrazine groups is 1. The first-order chi connectivity index (χ1) is 13.0. The lowest BCUT2D eigenvalue weighted by Crippen LogP contribution is -2.50. The maximum Gasteiger partial charge on any atom is 0.279 e. The highest BCUT2D eigenvalue weighted by molar-refractivity contribution is 5.86. The Balaban J connectivity index is 1.77. The fourth-order valence-corrected chi connectivity index (χ4v) is 2.12. The van der Waals surface area contributed by atoms with E-state index in [1.165, 1.54) is 0 Å². The van der Waals surface area contributed by atoms with Crippen LogP contribution in [0.4, 0.5) is 0 Å². The molecule has 0 aliphatic rings. The molecule has 0 spiro atoms. The molecule has 2 rings (SSSR count). The molecule has 7 heteroatoms. The number of nitrogens with one attached hydrogen (secondary N) is 2. The number of amides is 2. The molecule has 0 saturated carbocycles. The highest BCUT2D eigenvalue weighted by atomic mass is 16.5. The largest absolute Gasteiger partial charge is 0.494 e. The summed E-state index contributed by atoms with van der Waals surface area (Å²) in [6.45, 7) is 5.65. The van der Waals surface area contributed by atoms with Gasteiger partial charge in [0.15, 0.2) is 12.2 Å². The first kappa shape index (κ1) is 20.1. The standard InChI is InChI=1S/C20H24N2O5/c1-4-25-16-10-12-18(13-11-16)27-15(3)20(24)22-21-19(23)14(2)26-17-8-6-5-7-9-17/h5-15H,4H2,1-3H3,(H,21,23)(H,22,24)/t14-,15+/m1/s1. The van der Waals surface area contributed by atoms with Crippen LogP contribution < -0.4 is 25.1 Å². The molecule has 0 aliphatic heterocycles. The van der Waals surface area contributed by atoms with Crippen LogP contribution in [0.25, 0.3) is 0 Å². The quantitative estimate of drug-likeness (QED) is 0.695. The van der Waals surface area contributed by atoms with Crippen molar-refractivity contribution in [3.63, 3.8) is 0 Å². The lowest BCUT2D eigenvalue weighted by atomic mass is 10.3. The monoisotopic (exact) mass is 372 g/mol. The molecule has 2 amide bonds. The van der Waals surface area contributed by atoms with Crippen LogP contribution in [0.5, 0.6) is 17.2 Å². The van der Waals surface area contributed by atoms with Crippen LogP contribution >= 0.6 is 0 Å². The van der Waals surface area contributed by atoms with Crippen molar-refractivity contribution in [2.45, 2.75) is 33.0 Å². The Hall–Kier alpha value is -3.22. The highest BCUT2D eigenvalue weighted by Crippen LogP contribution is 2.18. The van der Waals surface area contributed by atoms with E-state index in [-0.39, 0.29) is 0 Å². The molecular weight excluding hydrogens is 348 g/mol. The minimum Gasteiger partial charge on any atom is -0.494 e. The van der Waals surface area contributed by atoms with Gasteiger partial charge in [-0.1, -0.05) is 18.2 Å². The average Bonchev–Trinajstić information content (AvgIpc) is 2.68. The van der Waals surface area contributed by atoms with E-state index >= 15 is 0 Å². The molecule has 0 saturated heterocycles. The Morgan fingerprint density at radius 2 is 1.22 bits per heavy atom. The van der Waals surface area contributed by atoms with Crippen LogP contribution in [0.1, 0.15) is 20.8 Å². The summed E-state index contributed by atoms with van der Waals surface area (Å²) >= 11 is 0. The van der Waals surface area contributed by atoms with Crippen molar-refractivity contribution in [1.29, 1.82) is 0 Å². The lowest BCUT2D eigenvalue weighted by Gasteiger charge is -2.18. The van der Waals surface area contributed by atoms with Crippen LogP contribution in [0.3, 0.4) is 0 Å². The van der Waals surface area contributed by atoms with Gasteiger partial charge in [-0.2, -0.15) is 0 Å². The third-order valence-corrected chi connectivity index (χ3v) is 3.55. The van der Waals surface area contributed by atoms with E-state index in [9.17, 15) is 9.59 Å². The van der Waals surface area contributed by atoms with E-state index in [0.29, 0.717) is 18.1 Å². The van der Waals surface area contributed by atoms with Crippen LogP contribution in [0, 0.1) is 0 Å². The van der Waals surface area contributed by atoms with Crippen molar-refractivity contribution >= 4 is 11.8 Å². The molecule has 2 aromatic carbocycles. The second-order valence-electron chi connectivity index (χ2n) is 5.72. The summed E-state index contributed by atoms with van der Waals surface area (Å²) in [6, 6.07) is 15.9. The number of carbonyl (C=O) groups excluding carboxylic acids is 2. The fraction of sp³-hybridized carbons (Fsp3) is 0.300. The van der Waals surface area contributed by atoms with Crippen LogP contribution in [0.15, 0.2) is 54.6 Å². The maximum atomic E-state index is 12.1. The first-order valence-electron chi connectivity index (χ1n) is 8.70. The molecule has 0 fully saturated rings. The van der Waals surface area contributed by atoms with Gasteiger partial charge >= 0.3 is 0 Å². The Morgan fingerprint density at radius 3 is 1.70 bits per heavy atom. The number of hydrogen-bond donors (Lipinski definition) is 2. The van der Waals surface area contributed by atoms with Gasteiger partial charge in [-0.15, -0.1) is 0 Å². The van der Waals surface area contributed by atoms with Gasteiger partial charge in [0, 0.05) is 0 Å². The van der Waals surface area contributed by atoms with Crippen molar-refractivity contribution in [3.05, 3.63) is 54.6 Å². The van der Waals surface area contributed by atoms with Crippen molar-refractivity contribution in [2.75, 3.05) is 6.61 Å². The van der Waals surface area contributed by atoms with Gasteiger partial charge in [-0.3, -0.25) is 20.4 Å². The molecule has 0 radical (unpaired) electrons. The SMILES string of the molecule is CCOc1ccc(O[C@@H](C)C(=O)NNC(=O)[C@@H](C)Oc2ccccc2)cc1. The second kappa shape index (κ2) is 10.1. The second-order valence-corrected chi connectivity index (χ2v) is 5.72. The summed E-state index contributed by atoms with van der Waals surface area (Å²) < 4.78 is 16.4. The lowest BCUT2D eigenvalue weighted by molar-refractivity contribution is -0.135. The third kappa shape index (κ3) is 6.54. The summed E-state index contributed by atoms with van der Waals surface area (Å²) in [6.07, 6.45) is -1.57. The molecule has 2 aromatic rings. The number of benzene rings is 2. The molecule has 0 aromatic heterocycles. The highest BCUT2D eigenvalue weighted by Gasteiger charge is 2.19. The third-order valence-electron chi connectivity index (χ3n) is 3.55. The normalized spacial score (nSPS) is 12.4. The van der Waals surface area contributed by atoms with E-state index < -0.39 is 24.0 Å². The number of ether oxygens (including phenoxy) is 3. The van der Waals surface area contributed by atoms with Crippen molar-refractivity contribution < 1.29 is 23.8 Å². The van der Waals surface area contributed by atoms with Gasteiger partial charge in [-0.25, -0.2) is 0 Å². The number of rotatable bonds is 8. The van der Waals surface area contributed by atoms with E-state index in [2.05, 4.69) is 10.9 Å². The summed E-state index contributed by atoms with van der Waals surface area (Å²) in [4.78, 5) is 24.1. The van der Waals surface area contributed by atoms with Gasteiger partial charge < -0.3 is 14.2 Å². The minimum atomic E-state index is -0.798. The number of para-hydroxylation sites is 1. The molecule has 7 nitrogen and oxygen atoms in total. The Morgan fingerprint density at radius 1 is 0.778 bits per heavy atom. The Kier molecular flexibility index (Phi) is 7.49. The van der Waals surface area contributed by atoms with Gasteiger partial charge in [0.2, 0.25) is 0 Å². The van der Waals surface area contributed by atoms with Gasteiger partial charge in [0.1, 0.15) is 17.2 Å². The van der Waals surface area contributed by atoms with Gasteiger partial charge in [-0.05, 0) is 57.2 Å². The smallest absolute Gasteiger partial charge is 0.279 e. The molecule has 0 aliphatic carbocycles. The van der Waals surface area contributed by atoms with E-state index in [4.69, 9.17) is 14.2 Å². The molecule has 0 heterocycles. The zero-order valence-corrected chi connectivity index (χ0v) is 15.6. The van der Waals surface area contributed by atoms with Crippen molar-refractivity contribution in [2.24, 2.45) is 0 Å². The minimum absolute atomic E-state index is 0.472. The number of carbonyl (C=O) groups is 2. The molecule has 144 valence electrons. The van der Waals surface area contributed by atoms with Crippen LogP contribution in [0.2, 0.25) is 0 Å². The Labute approximate surface area is 158 Å². The molecular formula is C20H24N2O5. The zero-order valence-electron chi connectivity index (χ0n) is 15.6. The fourth-order valence-electron chi connectivity index (χ4n) is 2.12. The summed E-state index contributed by atoms with van der Waals surface area (Å²) in [7, 11) is 0. The van der Waals surface area contributed by atoms with Gasteiger partial charge in [0.25, 0.3) is 11.8 Å².